The molecule has 0 bridgehead atoms. The van der Waals surface area contributed by atoms with E-state index >= 15 is 0 Å². The lowest BCUT2D eigenvalue weighted by atomic mass is 10.1. The summed E-state index contributed by atoms with van der Waals surface area (Å²) in [6.45, 7) is 3.54. The zero-order chi connectivity index (χ0) is 20.3. The maximum absolute atomic E-state index is 12.4. The minimum absolute atomic E-state index is 0.112. The van der Waals surface area contributed by atoms with Gasteiger partial charge in [-0.05, 0) is 43.2 Å². The number of hydrogen-bond acceptors (Lipinski definition) is 6. The average molecular weight is 383 g/mol. The van der Waals surface area contributed by atoms with Gasteiger partial charge in [0.15, 0.2) is 6.10 Å². The highest BCUT2D eigenvalue weighted by atomic mass is 16.5. The molecule has 0 saturated carbocycles. The molecule has 146 valence electrons. The van der Waals surface area contributed by atoms with E-state index in [2.05, 4.69) is 5.32 Å². The number of rotatable bonds is 6. The normalized spacial score (nSPS) is 11.8. The van der Waals surface area contributed by atoms with Crippen molar-refractivity contribution in [3.8, 4) is 17.2 Å². The molecular formula is C21H21NO6. The summed E-state index contributed by atoms with van der Waals surface area (Å²) in [7, 11) is 1.48. The van der Waals surface area contributed by atoms with Crippen LogP contribution in [0.4, 0.5) is 5.69 Å². The minimum atomic E-state index is -0.847. The first-order valence-electron chi connectivity index (χ1n) is 8.82. The Balaban J connectivity index is 1.76. The predicted molar refractivity (Wildman–Crippen MR) is 105 cm³/mol. The molecule has 7 nitrogen and oxygen atoms in total. The fourth-order valence-electron chi connectivity index (χ4n) is 2.81. The highest BCUT2D eigenvalue weighted by molar-refractivity contribution is 5.95. The number of phenols is 1. The molecule has 1 atom stereocenters. The van der Waals surface area contributed by atoms with Crippen LogP contribution < -0.4 is 20.4 Å². The second kappa shape index (κ2) is 8.04. The molecule has 0 aliphatic heterocycles. The molecule has 7 heteroatoms. The van der Waals surface area contributed by atoms with E-state index in [-0.39, 0.29) is 11.4 Å². The maximum Gasteiger partial charge on any atom is 0.336 e. The van der Waals surface area contributed by atoms with E-state index in [1.807, 2.05) is 6.92 Å². The number of ether oxygens (including phenoxy) is 2. The molecule has 0 aliphatic rings. The van der Waals surface area contributed by atoms with Crippen molar-refractivity contribution in [2.24, 2.45) is 0 Å². The van der Waals surface area contributed by atoms with Crippen LogP contribution >= 0.6 is 0 Å². The molecule has 1 heterocycles. The van der Waals surface area contributed by atoms with Crippen LogP contribution in [0, 0.1) is 0 Å². The molecule has 0 saturated heterocycles. The Hall–Kier alpha value is -3.48. The Morgan fingerprint density at radius 2 is 1.93 bits per heavy atom. The Labute approximate surface area is 161 Å². The van der Waals surface area contributed by atoms with Crippen LogP contribution in [0.1, 0.15) is 19.4 Å². The van der Waals surface area contributed by atoms with Crippen LogP contribution in [0.3, 0.4) is 0 Å². The topological polar surface area (TPSA) is 98.0 Å². The van der Waals surface area contributed by atoms with Crippen LogP contribution in [0.5, 0.6) is 17.2 Å². The SMILES string of the molecule is CCc1cc(=O)oc2cc(OC(C)C(=O)Nc3ccc(OC)cc3O)ccc12. The van der Waals surface area contributed by atoms with Gasteiger partial charge in [0.05, 0.1) is 12.8 Å². The van der Waals surface area contributed by atoms with Gasteiger partial charge in [-0.1, -0.05) is 6.92 Å². The van der Waals surface area contributed by atoms with Crippen molar-refractivity contribution in [3.63, 3.8) is 0 Å². The van der Waals surface area contributed by atoms with Gasteiger partial charge in [-0.15, -0.1) is 0 Å². The van der Waals surface area contributed by atoms with Gasteiger partial charge in [0.25, 0.3) is 5.91 Å². The Morgan fingerprint density at radius 3 is 2.61 bits per heavy atom. The summed E-state index contributed by atoms with van der Waals surface area (Å²) >= 11 is 0. The molecule has 3 rings (SSSR count). The van der Waals surface area contributed by atoms with Gasteiger partial charge in [-0.3, -0.25) is 4.79 Å². The number of carbonyl (C=O) groups is 1. The van der Waals surface area contributed by atoms with Crippen LogP contribution in [-0.2, 0) is 11.2 Å². The highest BCUT2D eigenvalue weighted by Gasteiger charge is 2.17. The van der Waals surface area contributed by atoms with Crippen molar-refractivity contribution >= 4 is 22.6 Å². The van der Waals surface area contributed by atoms with E-state index in [4.69, 9.17) is 13.9 Å². The first-order chi connectivity index (χ1) is 13.4. The van der Waals surface area contributed by atoms with Crippen LogP contribution in [-0.4, -0.2) is 24.2 Å². The Kier molecular flexibility index (Phi) is 5.54. The Morgan fingerprint density at radius 1 is 1.18 bits per heavy atom. The molecular weight excluding hydrogens is 362 g/mol. The monoisotopic (exact) mass is 383 g/mol. The molecule has 0 spiro atoms. The van der Waals surface area contributed by atoms with E-state index in [9.17, 15) is 14.7 Å². The fraction of sp³-hybridized carbons (Fsp3) is 0.238. The van der Waals surface area contributed by atoms with Crippen molar-refractivity contribution in [2.45, 2.75) is 26.4 Å². The van der Waals surface area contributed by atoms with Crippen molar-refractivity contribution in [2.75, 3.05) is 12.4 Å². The minimum Gasteiger partial charge on any atom is -0.506 e. The lowest BCUT2D eigenvalue weighted by Gasteiger charge is -2.16. The Bertz CT molecular complexity index is 1070. The van der Waals surface area contributed by atoms with E-state index in [1.165, 1.54) is 25.3 Å². The first-order valence-corrected chi connectivity index (χ1v) is 8.82. The number of fused-ring (bicyclic) bond motifs is 1. The average Bonchev–Trinajstić information content (AvgIpc) is 2.68. The number of benzene rings is 2. The zero-order valence-electron chi connectivity index (χ0n) is 15.8. The fourth-order valence-corrected chi connectivity index (χ4v) is 2.81. The molecule has 0 radical (unpaired) electrons. The van der Waals surface area contributed by atoms with E-state index in [0.29, 0.717) is 23.5 Å². The number of phenolic OH excluding ortho intramolecular Hbond substituents is 1. The third-order valence-electron chi connectivity index (χ3n) is 4.33. The maximum atomic E-state index is 12.4. The van der Waals surface area contributed by atoms with Gasteiger partial charge >= 0.3 is 5.63 Å². The molecule has 0 fully saturated rings. The lowest BCUT2D eigenvalue weighted by molar-refractivity contribution is -0.122. The number of aryl methyl sites for hydroxylation is 1. The summed E-state index contributed by atoms with van der Waals surface area (Å²) in [5.41, 5.74) is 1.11. The van der Waals surface area contributed by atoms with Crippen molar-refractivity contribution < 1.29 is 23.8 Å². The van der Waals surface area contributed by atoms with Crippen molar-refractivity contribution in [1.29, 1.82) is 0 Å². The van der Waals surface area contributed by atoms with E-state index in [0.717, 1.165) is 10.9 Å². The number of anilines is 1. The number of nitrogens with one attached hydrogen (secondary N) is 1. The van der Waals surface area contributed by atoms with Crippen molar-refractivity contribution in [1.82, 2.24) is 0 Å². The molecule has 3 aromatic rings. The van der Waals surface area contributed by atoms with Gasteiger partial charge in [0.2, 0.25) is 0 Å². The zero-order valence-corrected chi connectivity index (χ0v) is 15.8. The number of hydrogen-bond donors (Lipinski definition) is 2. The molecule has 2 aromatic carbocycles. The third kappa shape index (κ3) is 4.09. The van der Waals surface area contributed by atoms with Gasteiger partial charge in [0, 0.05) is 23.6 Å². The number of methoxy groups -OCH3 is 1. The molecule has 2 N–H and O–H groups in total. The van der Waals surface area contributed by atoms with Gasteiger partial charge < -0.3 is 24.3 Å². The standard InChI is InChI=1S/C21H21NO6/c1-4-13-9-20(24)28-19-11-15(5-7-16(13)19)27-12(2)21(25)22-17-8-6-14(26-3)10-18(17)23/h5-12,23H,4H2,1-3H3,(H,22,25). The summed E-state index contributed by atoms with van der Waals surface area (Å²) in [5, 5.41) is 13.4. The summed E-state index contributed by atoms with van der Waals surface area (Å²) in [6, 6.07) is 11.1. The quantitative estimate of drug-likeness (QED) is 0.500. The van der Waals surface area contributed by atoms with Gasteiger partial charge in [-0.25, -0.2) is 4.79 Å². The van der Waals surface area contributed by atoms with Gasteiger partial charge in [0.1, 0.15) is 22.8 Å². The van der Waals surface area contributed by atoms with Crippen LogP contribution in [0.25, 0.3) is 11.0 Å². The summed E-state index contributed by atoms with van der Waals surface area (Å²) < 4.78 is 15.9. The largest absolute Gasteiger partial charge is 0.506 e. The molecule has 0 aliphatic carbocycles. The van der Waals surface area contributed by atoms with E-state index in [1.54, 1.807) is 31.2 Å². The van der Waals surface area contributed by atoms with Crippen molar-refractivity contribution in [3.05, 3.63) is 58.4 Å². The summed E-state index contributed by atoms with van der Waals surface area (Å²) in [5.74, 6) is 0.318. The molecule has 1 amide bonds. The predicted octanol–water partition coefficient (Wildman–Crippen LogP) is 3.48. The summed E-state index contributed by atoms with van der Waals surface area (Å²) in [6.07, 6.45) is -0.146. The molecule has 1 aromatic heterocycles. The van der Waals surface area contributed by atoms with Crippen LogP contribution in [0.15, 0.2) is 51.7 Å². The number of amides is 1. The first kappa shape index (κ1) is 19.3. The van der Waals surface area contributed by atoms with Crippen LogP contribution in [0.2, 0.25) is 0 Å². The van der Waals surface area contributed by atoms with E-state index < -0.39 is 17.6 Å². The van der Waals surface area contributed by atoms with Gasteiger partial charge in [-0.2, -0.15) is 0 Å². The second-order valence-corrected chi connectivity index (χ2v) is 6.23. The second-order valence-electron chi connectivity index (χ2n) is 6.23. The number of aromatic hydroxyl groups is 1. The molecule has 28 heavy (non-hydrogen) atoms. The lowest BCUT2D eigenvalue weighted by Crippen LogP contribution is -2.30. The number of carbonyl (C=O) groups excluding carboxylic acids is 1. The third-order valence-corrected chi connectivity index (χ3v) is 4.33. The molecule has 1 unspecified atom stereocenters. The summed E-state index contributed by atoms with van der Waals surface area (Å²) in [4.78, 5) is 24.1. The highest BCUT2D eigenvalue weighted by Crippen LogP contribution is 2.28. The smallest absolute Gasteiger partial charge is 0.336 e.